The van der Waals surface area contributed by atoms with Gasteiger partial charge in [-0.15, -0.1) is 0 Å². The van der Waals surface area contributed by atoms with E-state index in [4.69, 9.17) is 4.74 Å². The van der Waals surface area contributed by atoms with Crippen LogP contribution in [0.5, 0.6) is 5.75 Å². The number of amides is 1. The van der Waals surface area contributed by atoms with Crippen molar-refractivity contribution in [3.63, 3.8) is 0 Å². The van der Waals surface area contributed by atoms with E-state index in [2.05, 4.69) is 5.32 Å². The molecule has 0 saturated heterocycles. The molecular formula is C20H20N2O3. The SMILES string of the molecule is CCOc1cccc(C(=O)[C@@H](C#N)C(=O)Nc2cccc(C)c2C)c1. The number of anilines is 1. The number of benzene rings is 2. The number of nitrogens with one attached hydrogen (secondary N) is 1. The van der Waals surface area contributed by atoms with E-state index in [-0.39, 0.29) is 5.56 Å². The fourth-order valence-corrected chi connectivity index (χ4v) is 2.40. The Morgan fingerprint density at radius 3 is 2.60 bits per heavy atom. The van der Waals surface area contributed by atoms with Crippen LogP contribution in [-0.2, 0) is 4.79 Å². The Morgan fingerprint density at radius 1 is 1.20 bits per heavy atom. The molecule has 0 fully saturated rings. The summed E-state index contributed by atoms with van der Waals surface area (Å²) in [6.07, 6.45) is 0. The van der Waals surface area contributed by atoms with E-state index < -0.39 is 17.6 Å². The van der Waals surface area contributed by atoms with Crippen molar-refractivity contribution in [1.82, 2.24) is 0 Å². The largest absolute Gasteiger partial charge is 0.494 e. The first-order valence-electron chi connectivity index (χ1n) is 8.01. The first kappa shape index (κ1) is 18.2. The van der Waals surface area contributed by atoms with E-state index in [1.807, 2.05) is 32.9 Å². The van der Waals surface area contributed by atoms with Gasteiger partial charge >= 0.3 is 0 Å². The molecule has 1 atom stereocenters. The van der Waals surface area contributed by atoms with Crippen LogP contribution in [0, 0.1) is 31.1 Å². The van der Waals surface area contributed by atoms with Gasteiger partial charge in [-0.2, -0.15) is 5.26 Å². The molecule has 2 aromatic carbocycles. The molecule has 0 heterocycles. The van der Waals surface area contributed by atoms with Crippen LogP contribution in [0.15, 0.2) is 42.5 Å². The Hall–Kier alpha value is -3.13. The smallest absolute Gasteiger partial charge is 0.249 e. The van der Waals surface area contributed by atoms with E-state index in [9.17, 15) is 14.9 Å². The van der Waals surface area contributed by atoms with Crippen molar-refractivity contribution < 1.29 is 14.3 Å². The van der Waals surface area contributed by atoms with Crippen LogP contribution in [0.1, 0.15) is 28.4 Å². The van der Waals surface area contributed by atoms with E-state index >= 15 is 0 Å². The summed E-state index contributed by atoms with van der Waals surface area (Å²) in [5, 5.41) is 12.0. The summed E-state index contributed by atoms with van der Waals surface area (Å²) in [5.41, 5.74) is 2.79. The van der Waals surface area contributed by atoms with Crippen LogP contribution in [-0.4, -0.2) is 18.3 Å². The zero-order valence-electron chi connectivity index (χ0n) is 14.5. The van der Waals surface area contributed by atoms with Gasteiger partial charge in [0.05, 0.1) is 12.7 Å². The Labute approximate surface area is 147 Å². The molecule has 0 unspecified atom stereocenters. The summed E-state index contributed by atoms with van der Waals surface area (Å²) in [6, 6.07) is 13.8. The molecule has 25 heavy (non-hydrogen) atoms. The predicted octanol–water partition coefficient (Wildman–Crippen LogP) is 3.66. The van der Waals surface area contributed by atoms with E-state index in [0.717, 1.165) is 11.1 Å². The molecule has 2 aromatic rings. The molecule has 0 spiro atoms. The third-order valence-corrected chi connectivity index (χ3v) is 3.95. The van der Waals surface area contributed by atoms with Crippen molar-refractivity contribution in [3.05, 3.63) is 59.2 Å². The quantitative estimate of drug-likeness (QED) is 0.645. The van der Waals surface area contributed by atoms with Crippen molar-refractivity contribution in [1.29, 1.82) is 5.26 Å². The van der Waals surface area contributed by atoms with Crippen LogP contribution in [0.25, 0.3) is 0 Å². The number of nitrogens with zero attached hydrogens (tertiary/aromatic N) is 1. The molecule has 0 radical (unpaired) electrons. The van der Waals surface area contributed by atoms with Gasteiger partial charge in [-0.1, -0.05) is 24.3 Å². The second-order valence-corrected chi connectivity index (χ2v) is 5.62. The van der Waals surface area contributed by atoms with Crippen LogP contribution < -0.4 is 10.1 Å². The van der Waals surface area contributed by atoms with Crippen molar-refractivity contribution in [2.45, 2.75) is 20.8 Å². The number of carbonyl (C=O) groups is 2. The summed E-state index contributed by atoms with van der Waals surface area (Å²) >= 11 is 0. The maximum Gasteiger partial charge on any atom is 0.249 e. The number of aryl methyl sites for hydroxylation is 1. The second kappa shape index (κ2) is 8.11. The molecular weight excluding hydrogens is 316 g/mol. The first-order chi connectivity index (χ1) is 12.0. The molecule has 0 bridgehead atoms. The zero-order valence-corrected chi connectivity index (χ0v) is 14.5. The summed E-state index contributed by atoms with van der Waals surface area (Å²) in [6.45, 7) is 6.10. The van der Waals surface area contributed by atoms with Crippen LogP contribution in [0.4, 0.5) is 5.69 Å². The van der Waals surface area contributed by atoms with Crippen molar-refractivity contribution in [2.75, 3.05) is 11.9 Å². The number of hydrogen-bond donors (Lipinski definition) is 1. The summed E-state index contributed by atoms with van der Waals surface area (Å²) in [4.78, 5) is 25.0. The van der Waals surface area contributed by atoms with Crippen molar-refractivity contribution in [3.8, 4) is 11.8 Å². The minimum atomic E-state index is -1.42. The monoisotopic (exact) mass is 336 g/mol. The average molecular weight is 336 g/mol. The highest BCUT2D eigenvalue weighted by molar-refractivity contribution is 6.15. The van der Waals surface area contributed by atoms with Crippen molar-refractivity contribution in [2.24, 2.45) is 5.92 Å². The fourth-order valence-electron chi connectivity index (χ4n) is 2.40. The Bertz CT molecular complexity index is 837. The number of rotatable bonds is 6. The molecule has 128 valence electrons. The minimum absolute atomic E-state index is 0.272. The van der Waals surface area contributed by atoms with Gasteiger partial charge in [-0.25, -0.2) is 0 Å². The number of ketones is 1. The Balaban J connectivity index is 2.22. The molecule has 1 amide bonds. The van der Waals surface area contributed by atoms with E-state index in [0.29, 0.717) is 18.0 Å². The lowest BCUT2D eigenvalue weighted by Gasteiger charge is -2.13. The van der Waals surface area contributed by atoms with Gasteiger partial charge < -0.3 is 10.1 Å². The number of ether oxygens (including phenoxy) is 1. The first-order valence-corrected chi connectivity index (χ1v) is 8.01. The average Bonchev–Trinajstić information content (AvgIpc) is 2.60. The fraction of sp³-hybridized carbons (Fsp3) is 0.250. The highest BCUT2D eigenvalue weighted by Crippen LogP contribution is 2.21. The third kappa shape index (κ3) is 4.24. The third-order valence-electron chi connectivity index (χ3n) is 3.95. The summed E-state index contributed by atoms with van der Waals surface area (Å²) in [5.74, 6) is -2.08. The lowest BCUT2D eigenvalue weighted by molar-refractivity contribution is -0.117. The lowest BCUT2D eigenvalue weighted by atomic mass is 9.97. The number of Topliss-reactive ketones (excluding diaryl/α,β-unsaturated/α-hetero) is 1. The molecule has 5 nitrogen and oxygen atoms in total. The Kier molecular flexibility index (Phi) is 5.91. The zero-order chi connectivity index (χ0) is 18.4. The molecule has 0 aromatic heterocycles. The lowest BCUT2D eigenvalue weighted by Crippen LogP contribution is -2.29. The second-order valence-electron chi connectivity index (χ2n) is 5.62. The van der Waals surface area contributed by atoms with E-state index in [1.165, 1.54) is 0 Å². The normalized spacial score (nSPS) is 11.3. The van der Waals surface area contributed by atoms with Gasteiger partial charge in [-0.3, -0.25) is 9.59 Å². The molecule has 5 heteroatoms. The summed E-state index contributed by atoms with van der Waals surface area (Å²) < 4.78 is 5.36. The predicted molar refractivity (Wildman–Crippen MR) is 95.6 cm³/mol. The van der Waals surface area contributed by atoms with Crippen LogP contribution >= 0.6 is 0 Å². The topological polar surface area (TPSA) is 79.2 Å². The maximum atomic E-state index is 12.6. The number of carbonyl (C=O) groups excluding carboxylic acids is 2. The molecule has 0 aliphatic rings. The van der Waals surface area contributed by atoms with Gasteiger partial charge in [0, 0.05) is 11.3 Å². The van der Waals surface area contributed by atoms with Gasteiger partial charge in [0.15, 0.2) is 11.7 Å². The minimum Gasteiger partial charge on any atom is -0.494 e. The molecule has 0 saturated carbocycles. The van der Waals surface area contributed by atoms with Crippen molar-refractivity contribution >= 4 is 17.4 Å². The van der Waals surface area contributed by atoms with E-state index in [1.54, 1.807) is 36.4 Å². The number of nitriles is 1. The van der Waals surface area contributed by atoms with Crippen LogP contribution in [0.3, 0.4) is 0 Å². The summed E-state index contributed by atoms with van der Waals surface area (Å²) in [7, 11) is 0. The van der Waals surface area contributed by atoms with Gasteiger partial charge in [0.2, 0.25) is 5.91 Å². The van der Waals surface area contributed by atoms with Crippen LogP contribution in [0.2, 0.25) is 0 Å². The Morgan fingerprint density at radius 2 is 1.92 bits per heavy atom. The molecule has 0 aliphatic carbocycles. The van der Waals surface area contributed by atoms with Gasteiger partial charge in [0.25, 0.3) is 0 Å². The molecule has 1 N–H and O–H groups in total. The maximum absolute atomic E-state index is 12.6. The standard InChI is InChI=1S/C20H20N2O3/c1-4-25-16-9-6-8-15(11-16)19(23)17(12-21)20(24)22-18-10-5-7-13(2)14(18)3/h5-11,17H,4H2,1-3H3,(H,22,24)/t17-/m1/s1. The highest BCUT2D eigenvalue weighted by Gasteiger charge is 2.28. The number of hydrogen-bond acceptors (Lipinski definition) is 4. The van der Waals surface area contributed by atoms with Gasteiger partial charge in [0.1, 0.15) is 5.75 Å². The molecule has 0 aliphatic heterocycles. The molecule has 2 rings (SSSR count). The van der Waals surface area contributed by atoms with Gasteiger partial charge in [-0.05, 0) is 50.1 Å². The highest BCUT2D eigenvalue weighted by atomic mass is 16.5.